The number of hydrogen-bond acceptors (Lipinski definition) is 3. The molecule has 3 heteroatoms. The van der Waals surface area contributed by atoms with E-state index in [9.17, 15) is 5.11 Å². The van der Waals surface area contributed by atoms with Crippen LogP contribution < -0.4 is 11.5 Å². The Hall–Kier alpha value is -1.48. The van der Waals surface area contributed by atoms with Gasteiger partial charge in [0, 0.05) is 6.54 Å². The van der Waals surface area contributed by atoms with Crippen molar-refractivity contribution in [1.29, 1.82) is 0 Å². The number of aromatic hydroxyl groups is 1. The van der Waals surface area contributed by atoms with Gasteiger partial charge in [0.1, 0.15) is 5.75 Å². The van der Waals surface area contributed by atoms with Crippen LogP contribution in [0.1, 0.15) is 5.56 Å². The topological polar surface area (TPSA) is 72.3 Å². The van der Waals surface area contributed by atoms with Gasteiger partial charge in [0.25, 0.3) is 0 Å². The maximum atomic E-state index is 9.21. The normalized spacial score (nSPS) is 10.8. The predicted octanol–water partition coefficient (Wildman–Crippen LogP) is 0.946. The zero-order valence-corrected chi connectivity index (χ0v) is 6.70. The van der Waals surface area contributed by atoms with Gasteiger partial charge in [-0.15, -0.1) is 0 Å². The summed E-state index contributed by atoms with van der Waals surface area (Å²) in [6.45, 7) is 0.491. The molecule has 0 unspecified atom stereocenters. The quantitative estimate of drug-likeness (QED) is 0.450. The van der Waals surface area contributed by atoms with E-state index < -0.39 is 0 Å². The van der Waals surface area contributed by atoms with Crippen molar-refractivity contribution in [1.82, 2.24) is 0 Å². The molecule has 0 aromatic heterocycles. The van der Waals surface area contributed by atoms with E-state index in [0.717, 1.165) is 5.56 Å². The predicted molar refractivity (Wildman–Crippen MR) is 50.6 cm³/mol. The number of hydrogen-bond donors (Lipinski definition) is 3. The van der Waals surface area contributed by atoms with Crippen molar-refractivity contribution >= 4 is 11.8 Å². The fourth-order valence-electron chi connectivity index (χ4n) is 0.868. The standard InChI is InChI=1S/C9H12N2O/c10-5-1-2-7-3-4-8(11)9(12)6-7/h1-4,6,12H,5,10-11H2. The van der Waals surface area contributed by atoms with Crippen LogP contribution >= 0.6 is 0 Å². The molecule has 0 atom stereocenters. The molecule has 3 nitrogen and oxygen atoms in total. The van der Waals surface area contributed by atoms with Crippen LogP contribution in [0.3, 0.4) is 0 Å². The van der Waals surface area contributed by atoms with Crippen molar-refractivity contribution in [3.8, 4) is 5.75 Å². The second-order valence-corrected chi connectivity index (χ2v) is 2.46. The molecule has 0 fully saturated rings. The lowest BCUT2D eigenvalue weighted by molar-refractivity contribution is 0.478. The van der Waals surface area contributed by atoms with Gasteiger partial charge in [-0.25, -0.2) is 0 Å². The van der Waals surface area contributed by atoms with Crippen LogP contribution in [0, 0.1) is 0 Å². The van der Waals surface area contributed by atoms with Crippen LogP contribution in [0.2, 0.25) is 0 Å². The molecule has 0 spiro atoms. The highest BCUT2D eigenvalue weighted by Crippen LogP contribution is 2.20. The summed E-state index contributed by atoms with van der Waals surface area (Å²) in [6, 6.07) is 5.08. The highest BCUT2D eigenvalue weighted by Gasteiger charge is 1.94. The SMILES string of the molecule is NCC=Cc1ccc(N)c(O)c1. The van der Waals surface area contributed by atoms with E-state index in [1.165, 1.54) is 0 Å². The largest absolute Gasteiger partial charge is 0.506 e. The Morgan fingerprint density at radius 3 is 2.75 bits per heavy atom. The summed E-state index contributed by atoms with van der Waals surface area (Å²) < 4.78 is 0. The van der Waals surface area contributed by atoms with Gasteiger partial charge in [0.2, 0.25) is 0 Å². The molecular weight excluding hydrogens is 152 g/mol. The molecule has 0 bridgehead atoms. The first-order valence-electron chi connectivity index (χ1n) is 3.69. The molecule has 0 aliphatic heterocycles. The fourth-order valence-corrected chi connectivity index (χ4v) is 0.868. The first-order chi connectivity index (χ1) is 5.74. The van der Waals surface area contributed by atoms with Crippen LogP contribution in [0.4, 0.5) is 5.69 Å². The highest BCUT2D eigenvalue weighted by molar-refractivity contribution is 5.60. The highest BCUT2D eigenvalue weighted by atomic mass is 16.3. The molecule has 0 aliphatic rings. The van der Waals surface area contributed by atoms with Crippen molar-refractivity contribution in [2.24, 2.45) is 5.73 Å². The van der Waals surface area contributed by atoms with Gasteiger partial charge in [-0.1, -0.05) is 18.2 Å². The van der Waals surface area contributed by atoms with Crippen LogP contribution in [0.5, 0.6) is 5.75 Å². The minimum absolute atomic E-state index is 0.106. The Morgan fingerprint density at radius 2 is 2.17 bits per heavy atom. The van der Waals surface area contributed by atoms with Gasteiger partial charge >= 0.3 is 0 Å². The number of phenolic OH excluding ortho intramolecular Hbond substituents is 1. The summed E-state index contributed by atoms with van der Waals surface area (Å²) in [7, 11) is 0. The summed E-state index contributed by atoms with van der Waals surface area (Å²) in [4.78, 5) is 0. The average molecular weight is 164 g/mol. The lowest BCUT2D eigenvalue weighted by Gasteiger charge is -1.98. The molecule has 1 aromatic carbocycles. The Bertz CT molecular complexity index is 295. The first-order valence-corrected chi connectivity index (χ1v) is 3.69. The third-order valence-electron chi connectivity index (χ3n) is 1.50. The Kier molecular flexibility index (Phi) is 2.71. The molecule has 0 heterocycles. The van der Waals surface area contributed by atoms with Gasteiger partial charge in [-0.2, -0.15) is 0 Å². The summed E-state index contributed by atoms with van der Waals surface area (Å²) in [5, 5.41) is 9.21. The molecule has 1 aromatic rings. The maximum Gasteiger partial charge on any atom is 0.139 e. The van der Waals surface area contributed by atoms with Crippen molar-refractivity contribution in [3.05, 3.63) is 29.8 Å². The molecular formula is C9H12N2O. The fraction of sp³-hybridized carbons (Fsp3) is 0.111. The second kappa shape index (κ2) is 3.78. The lowest BCUT2D eigenvalue weighted by atomic mass is 10.2. The van der Waals surface area contributed by atoms with E-state index in [4.69, 9.17) is 11.5 Å². The van der Waals surface area contributed by atoms with Crippen LogP contribution in [-0.4, -0.2) is 11.7 Å². The van der Waals surface area contributed by atoms with Gasteiger partial charge < -0.3 is 16.6 Å². The van der Waals surface area contributed by atoms with E-state index in [1.807, 2.05) is 18.2 Å². The van der Waals surface area contributed by atoms with Crippen molar-refractivity contribution in [2.75, 3.05) is 12.3 Å². The molecule has 0 amide bonds. The van der Waals surface area contributed by atoms with Crippen LogP contribution in [0.25, 0.3) is 6.08 Å². The second-order valence-electron chi connectivity index (χ2n) is 2.46. The van der Waals surface area contributed by atoms with E-state index >= 15 is 0 Å². The number of nitrogen functional groups attached to an aromatic ring is 1. The minimum atomic E-state index is 0.106. The molecule has 0 saturated heterocycles. The number of benzene rings is 1. The zero-order valence-electron chi connectivity index (χ0n) is 6.70. The number of anilines is 1. The van der Waals surface area contributed by atoms with Gasteiger partial charge in [0.05, 0.1) is 5.69 Å². The molecule has 0 radical (unpaired) electrons. The summed E-state index contributed by atoms with van der Waals surface area (Å²) >= 11 is 0. The summed E-state index contributed by atoms with van der Waals surface area (Å²) in [6.07, 6.45) is 3.64. The number of rotatable bonds is 2. The van der Waals surface area contributed by atoms with Crippen LogP contribution in [0.15, 0.2) is 24.3 Å². The van der Waals surface area contributed by atoms with Gasteiger partial charge in [0.15, 0.2) is 0 Å². The van der Waals surface area contributed by atoms with Crippen molar-refractivity contribution in [3.63, 3.8) is 0 Å². The third kappa shape index (κ3) is 2.00. The summed E-state index contributed by atoms with van der Waals surface area (Å²) in [5.41, 5.74) is 12.0. The molecule has 5 N–H and O–H groups in total. The monoisotopic (exact) mass is 164 g/mol. The van der Waals surface area contributed by atoms with Crippen molar-refractivity contribution < 1.29 is 5.11 Å². The molecule has 64 valence electrons. The number of nitrogens with two attached hydrogens (primary N) is 2. The average Bonchev–Trinajstić information content (AvgIpc) is 2.07. The molecule has 12 heavy (non-hydrogen) atoms. The Morgan fingerprint density at radius 1 is 1.42 bits per heavy atom. The molecule has 0 saturated carbocycles. The van der Waals surface area contributed by atoms with E-state index in [2.05, 4.69) is 0 Å². The van der Waals surface area contributed by atoms with E-state index in [0.29, 0.717) is 12.2 Å². The van der Waals surface area contributed by atoms with E-state index in [-0.39, 0.29) is 5.75 Å². The minimum Gasteiger partial charge on any atom is -0.506 e. The van der Waals surface area contributed by atoms with Crippen LogP contribution in [-0.2, 0) is 0 Å². The zero-order chi connectivity index (χ0) is 8.97. The number of phenols is 1. The van der Waals surface area contributed by atoms with Gasteiger partial charge in [-0.3, -0.25) is 0 Å². The van der Waals surface area contributed by atoms with E-state index in [1.54, 1.807) is 12.1 Å². The maximum absolute atomic E-state index is 9.21. The molecule has 0 aliphatic carbocycles. The smallest absolute Gasteiger partial charge is 0.139 e. The molecule has 1 rings (SSSR count). The third-order valence-corrected chi connectivity index (χ3v) is 1.50. The summed E-state index contributed by atoms with van der Waals surface area (Å²) in [5.74, 6) is 0.106. The van der Waals surface area contributed by atoms with Gasteiger partial charge in [-0.05, 0) is 17.7 Å². The van der Waals surface area contributed by atoms with Crippen molar-refractivity contribution in [2.45, 2.75) is 0 Å². The Labute approximate surface area is 71.3 Å². The lowest BCUT2D eigenvalue weighted by Crippen LogP contribution is -1.92. The first kappa shape index (κ1) is 8.62. The Balaban J connectivity index is 2.89.